The molecule has 0 rings (SSSR count). The van der Waals surface area contributed by atoms with Gasteiger partial charge in [0.1, 0.15) is 0 Å². The maximum absolute atomic E-state index is 2.36. The maximum atomic E-state index is 2.36. The topological polar surface area (TPSA) is 0 Å². The van der Waals surface area contributed by atoms with Gasteiger partial charge in [-0.1, -0.05) is 0 Å². The monoisotopic (exact) mass is 420 g/mol. The molecule has 0 amide bonds. The van der Waals surface area contributed by atoms with E-state index in [0.717, 1.165) is 0 Å². The van der Waals surface area contributed by atoms with Gasteiger partial charge in [-0.3, -0.25) is 0 Å². The molecule has 0 aromatic heterocycles. The van der Waals surface area contributed by atoms with Gasteiger partial charge in [-0.25, -0.2) is 0 Å². The van der Waals surface area contributed by atoms with Gasteiger partial charge in [0, 0.05) is 0 Å². The van der Waals surface area contributed by atoms with Gasteiger partial charge in [0.15, 0.2) is 0 Å². The average Bonchev–Trinajstić information content (AvgIpc) is 2.73. The van der Waals surface area contributed by atoms with Crippen molar-refractivity contribution in [3.05, 3.63) is 48.6 Å². The van der Waals surface area contributed by atoms with Crippen molar-refractivity contribution in [2.24, 2.45) is 0 Å². The summed E-state index contributed by atoms with van der Waals surface area (Å²) in [4.78, 5) is 0. The van der Waals surface area contributed by atoms with Crippen LogP contribution in [0.15, 0.2) is 48.6 Å². The third kappa shape index (κ3) is 17.9. The third-order valence-electron chi connectivity index (χ3n) is 6.25. The molecule has 0 aliphatic carbocycles. The van der Waals surface area contributed by atoms with E-state index in [0.29, 0.717) is 0 Å². The molecule has 0 fully saturated rings. The fraction of sp³-hybridized carbons (Fsp3) is 0.714. The van der Waals surface area contributed by atoms with E-state index in [9.17, 15) is 0 Å². The molecule has 0 aromatic carbocycles. The van der Waals surface area contributed by atoms with Gasteiger partial charge in [0.05, 0.1) is 0 Å². The molecule has 0 heterocycles. The first-order chi connectivity index (χ1) is 14.2. The molecule has 1 heteroatoms. The minimum atomic E-state index is -1.13. The van der Waals surface area contributed by atoms with Crippen LogP contribution < -0.4 is 0 Å². The SMILES string of the molecule is CC=CCCCC[PH](CCCCC=CC)(CCCCC=CC)CCCCC=CC. The average molecular weight is 421 g/mol. The van der Waals surface area contributed by atoms with E-state index < -0.39 is 7.26 Å². The second-order valence-electron chi connectivity index (χ2n) is 8.76. The molecule has 0 bridgehead atoms. The Morgan fingerprint density at radius 1 is 0.379 bits per heavy atom. The van der Waals surface area contributed by atoms with Gasteiger partial charge >= 0.3 is 185 Å². The molecule has 29 heavy (non-hydrogen) atoms. The van der Waals surface area contributed by atoms with Crippen LogP contribution in [0.1, 0.15) is 105 Å². The zero-order valence-corrected chi connectivity index (χ0v) is 21.4. The molecule has 0 spiro atoms. The molecule has 0 aliphatic heterocycles. The molecule has 0 radical (unpaired) electrons. The summed E-state index contributed by atoms with van der Waals surface area (Å²) < 4.78 is 0. The van der Waals surface area contributed by atoms with E-state index in [4.69, 9.17) is 0 Å². The number of allylic oxidation sites excluding steroid dienone is 8. The number of hydrogen-bond donors (Lipinski definition) is 0. The summed E-state index contributed by atoms with van der Waals surface area (Å²) >= 11 is 0. The van der Waals surface area contributed by atoms with Crippen LogP contribution in [0.25, 0.3) is 0 Å². The molecular formula is C28H53P. The van der Waals surface area contributed by atoms with Gasteiger partial charge in [0.25, 0.3) is 0 Å². The summed E-state index contributed by atoms with van der Waals surface area (Å²) in [6.07, 6.45) is 41.2. The van der Waals surface area contributed by atoms with Crippen molar-refractivity contribution in [1.29, 1.82) is 0 Å². The molecule has 0 atom stereocenters. The van der Waals surface area contributed by atoms with Gasteiger partial charge < -0.3 is 0 Å². The summed E-state index contributed by atoms with van der Waals surface area (Å²) in [6, 6.07) is 0. The molecule has 0 saturated heterocycles. The summed E-state index contributed by atoms with van der Waals surface area (Å²) in [5, 5.41) is 0. The summed E-state index contributed by atoms with van der Waals surface area (Å²) in [5.41, 5.74) is 0. The quantitative estimate of drug-likeness (QED) is 0.104. The molecule has 0 saturated carbocycles. The predicted octanol–water partition coefficient (Wildman–Crippen LogP) is 9.72. The van der Waals surface area contributed by atoms with Crippen molar-refractivity contribution in [2.45, 2.75) is 105 Å². The van der Waals surface area contributed by atoms with Crippen molar-refractivity contribution >= 4 is 7.26 Å². The Morgan fingerprint density at radius 2 is 0.621 bits per heavy atom. The van der Waals surface area contributed by atoms with E-state index in [1.165, 1.54) is 77.0 Å². The fourth-order valence-corrected chi connectivity index (χ4v) is 9.97. The molecule has 170 valence electrons. The van der Waals surface area contributed by atoms with E-state index in [1.807, 2.05) is 0 Å². The van der Waals surface area contributed by atoms with Gasteiger partial charge in [-0.15, -0.1) is 0 Å². The predicted molar refractivity (Wildman–Crippen MR) is 142 cm³/mol. The molecule has 0 nitrogen and oxygen atoms in total. The van der Waals surface area contributed by atoms with E-state index in [2.05, 4.69) is 76.3 Å². The van der Waals surface area contributed by atoms with Crippen LogP contribution in [-0.4, -0.2) is 24.6 Å². The van der Waals surface area contributed by atoms with Crippen LogP contribution in [0.2, 0.25) is 0 Å². The zero-order chi connectivity index (χ0) is 21.5. The minimum absolute atomic E-state index is 1.13. The first-order valence-electron chi connectivity index (χ1n) is 12.7. The third-order valence-corrected chi connectivity index (χ3v) is 11.9. The fourth-order valence-electron chi connectivity index (χ4n) is 4.47. The second kappa shape index (κ2) is 22.1. The van der Waals surface area contributed by atoms with Crippen LogP contribution in [0.5, 0.6) is 0 Å². The molecular weight excluding hydrogens is 367 g/mol. The van der Waals surface area contributed by atoms with Crippen molar-refractivity contribution in [2.75, 3.05) is 24.6 Å². The van der Waals surface area contributed by atoms with Gasteiger partial charge in [-0.05, 0) is 0 Å². The Morgan fingerprint density at radius 3 is 0.828 bits per heavy atom. The van der Waals surface area contributed by atoms with E-state index >= 15 is 0 Å². The number of unbranched alkanes of at least 4 members (excludes halogenated alkanes) is 8. The Bertz CT molecular complexity index is 356. The summed E-state index contributed by atoms with van der Waals surface area (Å²) in [6.45, 7) is 8.61. The van der Waals surface area contributed by atoms with Crippen LogP contribution in [0.4, 0.5) is 0 Å². The second-order valence-corrected chi connectivity index (χ2v) is 13.8. The van der Waals surface area contributed by atoms with E-state index in [-0.39, 0.29) is 0 Å². The summed E-state index contributed by atoms with van der Waals surface area (Å²) in [5.74, 6) is 0. The Kier molecular flexibility index (Phi) is 21.6. The van der Waals surface area contributed by atoms with E-state index in [1.54, 1.807) is 24.6 Å². The Labute approximate surface area is 185 Å². The van der Waals surface area contributed by atoms with Gasteiger partial charge in [0.2, 0.25) is 0 Å². The normalized spacial score (nSPS) is 13.7. The number of rotatable bonds is 20. The first kappa shape index (κ1) is 28.4. The van der Waals surface area contributed by atoms with Crippen molar-refractivity contribution < 1.29 is 0 Å². The first-order valence-corrected chi connectivity index (χ1v) is 15.5. The molecule has 0 aliphatic rings. The summed E-state index contributed by atoms with van der Waals surface area (Å²) in [7, 11) is -1.13. The molecule has 0 aromatic rings. The molecule has 0 unspecified atom stereocenters. The Hall–Kier alpha value is -0.610. The van der Waals surface area contributed by atoms with Crippen LogP contribution in [0.3, 0.4) is 0 Å². The molecule has 0 N–H and O–H groups in total. The van der Waals surface area contributed by atoms with Crippen LogP contribution in [-0.2, 0) is 0 Å². The standard InChI is InChI=1S/C28H53P/c1-5-9-13-17-21-25-29(26-22-18-14-10-6-2,27-23-19-15-11-7-3)28-24-20-16-12-8-4/h5-12,29H,13-28H2,1-4H3. The van der Waals surface area contributed by atoms with Crippen molar-refractivity contribution in [3.8, 4) is 0 Å². The van der Waals surface area contributed by atoms with Crippen molar-refractivity contribution in [3.63, 3.8) is 0 Å². The van der Waals surface area contributed by atoms with Crippen LogP contribution in [0, 0.1) is 0 Å². The van der Waals surface area contributed by atoms with Crippen molar-refractivity contribution in [1.82, 2.24) is 0 Å². The number of hydrogen-bond acceptors (Lipinski definition) is 0. The van der Waals surface area contributed by atoms with Crippen LogP contribution >= 0.6 is 7.26 Å². The van der Waals surface area contributed by atoms with Gasteiger partial charge in [-0.2, -0.15) is 0 Å². The zero-order valence-electron chi connectivity index (χ0n) is 20.4. The Balaban J connectivity index is 4.85.